The van der Waals surface area contributed by atoms with Crippen LogP contribution < -0.4 is 10.1 Å². The quantitative estimate of drug-likeness (QED) is 0.930. The molecular weight excluding hydrogens is 280 g/mol. The minimum Gasteiger partial charge on any atom is -0.483 e. The Hall–Kier alpha value is -1.10. The van der Waals surface area contributed by atoms with E-state index in [0.717, 1.165) is 34.3 Å². The molecular formula is C14H15ClN2OS. The molecule has 0 saturated carbocycles. The summed E-state index contributed by atoms with van der Waals surface area (Å²) in [6, 6.07) is 6.07. The van der Waals surface area contributed by atoms with Gasteiger partial charge in [0.2, 0.25) is 0 Å². The van der Waals surface area contributed by atoms with Gasteiger partial charge in [-0.15, -0.1) is 11.3 Å². The fraction of sp³-hybridized carbons (Fsp3) is 0.357. The molecule has 5 heteroatoms. The van der Waals surface area contributed by atoms with E-state index in [-0.39, 0.29) is 12.1 Å². The van der Waals surface area contributed by atoms with E-state index < -0.39 is 0 Å². The fourth-order valence-corrected chi connectivity index (χ4v) is 3.29. The highest BCUT2D eigenvalue weighted by Crippen LogP contribution is 2.42. The number of halogens is 1. The maximum atomic E-state index is 6.08. The highest BCUT2D eigenvalue weighted by molar-refractivity contribution is 7.09. The number of rotatable bonds is 3. The van der Waals surface area contributed by atoms with Crippen LogP contribution in [-0.2, 0) is 0 Å². The smallest absolute Gasteiger partial charge is 0.152 e. The second-order valence-corrected chi connectivity index (χ2v) is 5.87. The van der Waals surface area contributed by atoms with Gasteiger partial charge in [0.05, 0.1) is 0 Å². The fourth-order valence-electron chi connectivity index (χ4n) is 2.43. The van der Waals surface area contributed by atoms with Crippen molar-refractivity contribution < 1.29 is 4.74 Å². The van der Waals surface area contributed by atoms with Crippen LogP contribution in [0.2, 0.25) is 5.02 Å². The topological polar surface area (TPSA) is 34.2 Å². The lowest BCUT2D eigenvalue weighted by molar-refractivity contribution is 0.152. The highest BCUT2D eigenvalue weighted by atomic mass is 35.5. The van der Waals surface area contributed by atoms with Gasteiger partial charge in [0.15, 0.2) is 6.10 Å². The number of nitrogens with one attached hydrogen (secondary N) is 1. The number of nitrogens with zero attached hydrogens (tertiary/aromatic N) is 1. The molecule has 0 aliphatic carbocycles. The van der Waals surface area contributed by atoms with Crippen LogP contribution in [-0.4, -0.2) is 11.5 Å². The second-order valence-electron chi connectivity index (χ2n) is 4.50. The Bertz CT molecular complexity index is 559. The summed E-state index contributed by atoms with van der Waals surface area (Å²) in [6.45, 7) is 3.03. The predicted molar refractivity (Wildman–Crippen MR) is 78.0 cm³/mol. The van der Waals surface area contributed by atoms with E-state index >= 15 is 0 Å². The van der Waals surface area contributed by atoms with Crippen molar-refractivity contribution in [2.24, 2.45) is 0 Å². The van der Waals surface area contributed by atoms with Crippen LogP contribution in [0.4, 0.5) is 0 Å². The molecule has 0 spiro atoms. The Morgan fingerprint density at radius 1 is 1.53 bits per heavy atom. The van der Waals surface area contributed by atoms with E-state index in [2.05, 4.69) is 17.2 Å². The molecule has 0 fully saturated rings. The van der Waals surface area contributed by atoms with Gasteiger partial charge in [-0.1, -0.05) is 18.5 Å². The molecule has 3 rings (SSSR count). The Labute approximate surface area is 121 Å². The van der Waals surface area contributed by atoms with Crippen LogP contribution in [0.25, 0.3) is 0 Å². The third kappa shape index (κ3) is 2.61. The van der Waals surface area contributed by atoms with Gasteiger partial charge in [0, 0.05) is 34.6 Å². The molecule has 0 bridgehead atoms. The van der Waals surface area contributed by atoms with Crippen molar-refractivity contribution in [2.45, 2.75) is 25.5 Å². The molecule has 0 amide bonds. The van der Waals surface area contributed by atoms with Crippen LogP contribution in [0.1, 0.15) is 36.1 Å². The molecule has 1 N–H and O–H groups in total. The van der Waals surface area contributed by atoms with Crippen molar-refractivity contribution >= 4 is 22.9 Å². The average Bonchev–Trinajstić information content (AvgIpc) is 2.93. The SMILES string of the molecule is CCNC1CC(c2nccs2)Oc2ccc(Cl)cc21. The summed E-state index contributed by atoms with van der Waals surface area (Å²) < 4.78 is 6.06. The summed E-state index contributed by atoms with van der Waals surface area (Å²) in [7, 11) is 0. The molecule has 1 aliphatic rings. The molecule has 1 aromatic carbocycles. The van der Waals surface area contributed by atoms with Crippen molar-refractivity contribution in [3.05, 3.63) is 45.4 Å². The molecule has 2 unspecified atom stereocenters. The molecule has 19 heavy (non-hydrogen) atoms. The van der Waals surface area contributed by atoms with E-state index in [1.807, 2.05) is 29.8 Å². The van der Waals surface area contributed by atoms with Crippen molar-refractivity contribution in [1.29, 1.82) is 0 Å². The minimum atomic E-state index is 0.0257. The summed E-state index contributed by atoms with van der Waals surface area (Å²) in [5.41, 5.74) is 1.14. The van der Waals surface area contributed by atoms with E-state index in [9.17, 15) is 0 Å². The van der Waals surface area contributed by atoms with Gasteiger partial charge in [-0.3, -0.25) is 0 Å². The van der Waals surface area contributed by atoms with E-state index in [1.165, 1.54) is 0 Å². The summed E-state index contributed by atoms with van der Waals surface area (Å²) in [5, 5.41) is 7.26. The van der Waals surface area contributed by atoms with Gasteiger partial charge in [0.1, 0.15) is 10.8 Å². The zero-order valence-corrected chi connectivity index (χ0v) is 12.2. The number of ether oxygens (including phenoxy) is 1. The molecule has 2 heterocycles. The molecule has 3 nitrogen and oxygen atoms in total. The summed E-state index contributed by atoms with van der Waals surface area (Å²) in [4.78, 5) is 4.36. The largest absolute Gasteiger partial charge is 0.483 e. The van der Waals surface area contributed by atoms with Crippen LogP contribution >= 0.6 is 22.9 Å². The lowest BCUT2D eigenvalue weighted by atomic mass is 9.96. The monoisotopic (exact) mass is 294 g/mol. The van der Waals surface area contributed by atoms with Crippen molar-refractivity contribution in [3.8, 4) is 5.75 Å². The number of benzene rings is 1. The molecule has 1 aromatic heterocycles. The first-order valence-corrected chi connectivity index (χ1v) is 7.62. The summed E-state index contributed by atoms with van der Waals surface area (Å²) in [5.74, 6) is 0.904. The zero-order chi connectivity index (χ0) is 13.2. The maximum Gasteiger partial charge on any atom is 0.152 e. The van der Waals surface area contributed by atoms with Gasteiger partial charge >= 0.3 is 0 Å². The minimum absolute atomic E-state index is 0.0257. The van der Waals surface area contributed by atoms with Crippen LogP contribution in [0.5, 0.6) is 5.75 Å². The average molecular weight is 295 g/mol. The third-order valence-corrected chi connectivity index (χ3v) is 4.35. The molecule has 0 saturated heterocycles. The Morgan fingerprint density at radius 2 is 2.42 bits per heavy atom. The van der Waals surface area contributed by atoms with Crippen molar-refractivity contribution in [2.75, 3.05) is 6.54 Å². The number of hydrogen-bond acceptors (Lipinski definition) is 4. The van der Waals surface area contributed by atoms with Crippen LogP contribution in [0.3, 0.4) is 0 Å². The highest BCUT2D eigenvalue weighted by Gasteiger charge is 2.30. The zero-order valence-electron chi connectivity index (χ0n) is 10.6. The Morgan fingerprint density at radius 3 is 3.16 bits per heavy atom. The van der Waals surface area contributed by atoms with Gasteiger partial charge in [-0.05, 0) is 24.7 Å². The first-order chi connectivity index (χ1) is 9.28. The van der Waals surface area contributed by atoms with E-state index in [0.29, 0.717) is 0 Å². The molecule has 1 aliphatic heterocycles. The van der Waals surface area contributed by atoms with Gasteiger partial charge in [-0.2, -0.15) is 0 Å². The van der Waals surface area contributed by atoms with Crippen LogP contribution in [0, 0.1) is 0 Å². The first-order valence-electron chi connectivity index (χ1n) is 6.36. The van der Waals surface area contributed by atoms with Crippen LogP contribution in [0.15, 0.2) is 29.8 Å². The molecule has 2 atom stereocenters. The Balaban J connectivity index is 1.95. The first kappa shape index (κ1) is 12.9. The number of hydrogen-bond donors (Lipinski definition) is 1. The summed E-state index contributed by atoms with van der Waals surface area (Å²) in [6.07, 6.45) is 2.73. The van der Waals surface area contributed by atoms with Gasteiger partial charge in [0.25, 0.3) is 0 Å². The molecule has 100 valence electrons. The van der Waals surface area contributed by atoms with E-state index in [1.54, 1.807) is 11.3 Å². The molecule has 0 radical (unpaired) electrons. The lowest BCUT2D eigenvalue weighted by Gasteiger charge is -2.31. The summed E-state index contributed by atoms with van der Waals surface area (Å²) >= 11 is 7.72. The second kappa shape index (κ2) is 5.49. The predicted octanol–water partition coefficient (Wildman–Crippen LogP) is 3.97. The van der Waals surface area contributed by atoms with E-state index in [4.69, 9.17) is 16.3 Å². The Kier molecular flexibility index (Phi) is 3.73. The normalized spacial score (nSPS) is 21.8. The maximum absolute atomic E-state index is 6.08. The number of fused-ring (bicyclic) bond motifs is 1. The van der Waals surface area contributed by atoms with Gasteiger partial charge < -0.3 is 10.1 Å². The number of thiazole rings is 1. The van der Waals surface area contributed by atoms with Crippen molar-refractivity contribution in [1.82, 2.24) is 10.3 Å². The standard InChI is InChI=1S/C14H15ClN2OS/c1-2-16-11-8-13(14-17-5-6-19-14)18-12-4-3-9(15)7-10(11)12/h3-7,11,13,16H,2,8H2,1H3. The lowest BCUT2D eigenvalue weighted by Crippen LogP contribution is -2.28. The van der Waals surface area contributed by atoms with Crippen molar-refractivity contribution in [3.63, 3.8) is 0 Å². The number of aromatic nitrogens is 1. The third-order valence-electron chi connectivity index (χ3n) is 3.24. The molecule has 2 aromatic rings. The van der Waals surface area contributed by atoms with Gasteiger partial charge in [-0.25, -0.2) is 4.98 Å².